The van der Waals surface area contributed by atoms with Crippen molar-refractivity contribution >= 4 is 34.3 Å². The third kappa shape index (κ3) is 4.42. The molecule has 3 heterocycles. The van der Waals surface area contributed by atoms with Crippen LogP contribution in [0.3, 0.4) is 0 Å². The lowest BCUT2D eigenvalue weighted by Gasteiger charge is -2.37. The zero-order chi connectivity index (χ0) is 26.2. The number of hydrogen-bond acceptors (Lipinski definition) is 8. The van der Waals surface area contributed by atoms with Gasteiger partial charge < -0.3 is 15.5 Å². The lowest BCUT2D eigenvalue weighted by atomic mass is 9.83. The Kier molecular flexibility index (Phi) is 6.39. The second-order valence-electron chi connectivity index (χ2n) is 9.03. The molecular formula is C27H26ClN7O2. The fraction of sp³-hybridized carbons (Fsp3) is 0.222. The van der Waals surface area contributed by atoms with Gasteiger partial charge in [0.2, 0.25) is 11.8 Å². The van der Waals surface area contributed by atoms with Gasteiger partial charge in [0.1, 0.15) is 17.9 Å². The maximum atomic E-state index is 13.9. The molecule has 3 N–H and O–H groups in total. The van der Waals surface area contributed by atoms with Crippen molar-refractivity contribution < 1.29 is 4.42 Å². The molecule has 2 atom stereocenters. The van der Waals surface area contributed by atoms with Gasteiger partial charge in [-0.05, 0) is 37.6 Å². The Hall–Kier alpha value is -4.24. The van der Waals surface area contributed by atoms with E-state index in [2.05, 4.69) is 34.1 Å². The van der Waals surface area contributed by atoms with Crippen LogP contribution in [0.2, 0.25) is 5.02 Å². The number of hydrogen-bond donors (Lipinski definition) is 2. The summed E-state index contributed by atoms with van der Waals surface area (Å²) in [4.78, 5) is 31.6. The summed E-state index contributed by atoms with van der Waals surface area (Å²) in [5.41, 5.74) is 6.91. The number of nitrogens with two attached hydrogens (primary N) is 1. The third-order valence-corrected chi connectivity index (χ3v) is 7.15. The molecule has 2 unspecified atom stereocenters. The molecule has 3 aromatic heterocycles. The maximum Gasteiger partial charge on any atom is 0.267 e. The Morgan fingerprint density at radius 3 is 2.62 bits per heavy atom. The van der Waals surface area contributed by atoms with Crippen LogP contribution < -0.4 is 16.6 Å². The first-order chi connectivity index (χ1) is 17.8. The number of fused-ring (bicyclic) bond motifs is 1. The minimum absolute atomic E-state index is 0.114. The highest BCUT2D eigenvalue weighted by Crippen LogP contribution is 2.36. The number of aromatic nitrogens is 5. The first-order valence-corrected chi connectivity index (χ1v) is 12.3. The average Bonchev–Trinajstić information content (AvgIpc) is 3.43. The number of para-hydroxylation sites is 1. The molecule has 0 bridgehead atoms. The largest absolute Gasteiger partial charge is 0.444 e. The number of anilines is 2. The normalized spacial score (nSPS) is 13.8. The van der Waals surface area contributed by atoms with Crippen molar-refractivity contribution in [2.45, 2.75) is 38.6 Å². The summed E-state index contributed by atoms with van der Waals surface area (Å²) < 4.78 is 7.14. The summed E-state index contributed by atoms with van der Waals surface area (Å²) in [6, 6.07) is 14.7. The summed E-state index contributed by atoms with van der Waals surface area (Å²) in [5, 5.41) is 4.29. The van der Waals surface area contributed by atoms with Gasteiger partial charge in [-0.25, -0.2) is 15.0 Å². The molecule has 188 valence electrons. The van der Waals surface area contributed by atoms with Crippen LogP contribution in [0, 0.1) is 0 Å². The van der Waals surface area contributed by atoms with Crippen molar-refractivity contribution in [3.05, 3.63) is 88.4 Å². The number of nitrogen functional groups attached to an aromatic ring is 1. The zero-order valence-electron chi connectivity index (χ0n) is 20.6. The van der Waals surface area contributed by atoms with Crippen LogP contribution in [0.1, 0.15) is 38.9 Å². The number of nitrogens with zero attached hydrogens (tertiary/aromatic N) is 5. The Morgan fingerprint density at radius 2 is 1.92 bits per heavy atom. The standard InChI is InChI=1S/C27H26ClN7O2/c1-4-27(3,34-22-18(15-31-26(29)33-22)24-30-13-14-37-24)16(2)23-32-20-12-8-11-19(28)21(20)25(36)35(23)17-9-6-5-7-10-17/h5-16H,4H2,1-3H3,(H3,29,31,33,34). The van der Waals surface area contributed by atoms with Crippen molar-refractivity contribution in [3.63, 3.8) is 0 Å². The Labute approximate surface area is 218 Å². The minimum atomic E-state index is -0.621. The molecular weight excluding hydrogens is 490 g/mol. The summed E-state index contributed by atoms with van der Waals surface area (Å²) in [6.45, 7) is 6.14. The van der Waals surface area contributed by atoms with E-state index in [1.54, 1.807) is 35.2 Å². The third-order valence-electron chi connectivity index (χ3n) is 6.84. The molecule has 5 rings (SSSR count). The molecule has 0 fully saturated rings. The van der Waals surface area contributed by atoms with E-state index in [1.807, 2.05) is 37.3 Å². The van der Waals surface area contributed by atoms with Gasteiger partial charge in [-0.3, -0.25) is 9.36 Å². The van der Waals surface area contributed by atoms with Gasteiger partial charge in [0.05, 0.1) is 33.4 Å². The minimum Gasteiger partial charge on any atom is -0.444 e. The van der Waals surface area contributed by atoms with E-state index in [-0.39, 0.29) is 17.4 Å². The highest BCUT2D eigenvalue weighted by molar-refractivity contribution is 6.35. The summed E-state index contributed by atoms with van der Waals surface area (Å²) in [5.74, 6) is 1.27. The molecule has 37 heavy (non-hydrogen) atoms. The predicted molar refractivity (Wildman–Crippen MR) is 145 cm³/mol. The number of halogens is 1. The van der Waals surface area contributed by atoms with Crippen LogP contribution in [0.25, 0.3) is 28.0 Å². The van der Waals surface area contributed by atoms with E-state index >= 15 is 0 Å². The van der Waals surface area contributed by atoms with E-state index in [1.165, 1.54) is 6.26 Å². The van der Waals surface area contributed by atoms with Gasteiger partial charge in [0, 0.05) is 17.7 Å². The molecule has 0 aliphatic heterocycles. The van der Waals surface area contributed by atoms with Gasteiger partial charge in [-0.1, -0.05) is 49.7 Å². The van der Waals surface area contributed by atoms with E-state index in [9.17, 15) is 4.79 Å². The van der Waals surface area contributed by atoms with Gasteiger partial charge >= 0.3 is 0 Å². The average molecular weight is 516 g/mol. The lowest BCUT2D eigenvalue weighted by molar-refractivity contribution is 0.398. The van der Waals surface area contributed by atoms with Crippen LogP contribution in [0.15, 0.2) is 76.4 Å². The number of benzene rings is 2. The van der Waals surface area contributed by atoms with E-state index in [4.69, 9.17) is 26.7 Å². The smallest absolute Gasteiger partial charge is 0.267 e. The van der Waals surface area contributed by atoms with Crippen molar-refractivity contribution in [1.29, 1.82) is 0 Å². The summed E-state index contributed by atoms with van der Waals surface area (Å²) in [6.07, 6.45) is 5.29. The fourth-order valence-electron chi connectivity index (χ4n) is 4.39. The Balaban J connectivity index is 1.68. The molecule has 0 amide bonds. The molecule has 0 saturated carbocycles. The summed E-state index contributed by atoms with van der Waals surface area (Å²) >= 11 is 6.45. The fourth-order valence-corrected chi connectivity index (χ4v) is 4.64. The van der Waals surface area contributed by atoms with E-state index in [0.717, 1.165) is 0 Å². The monoisotopic (exact) mass is 515 g/mol. The predicted octanol–water partition coefficient (Wildman–Crippen LogP) is 5.45. The van der Waals surface area contributed by atoms with Crippen molar-refractivity contribution in [2.24, 2.45) is 0 Å². The molecule has 2 aromatic carbocycles. The first kappa shape index (κ1) is 24.5. The highest BCUT2D eigenvalue weighted by atomic mass is 35.5. The molecule has 5 aromatic rings. The number of oxazole rings is 1. The maximum absolute atomic E-state index is 13.9. The van der Waals surface area contributed by atoms with Crippen molar-refractivity contribution in [3.8, 4) is 17.1 Å². The topological polar surface area (TPSA) is 125 Å². The van der Waals surface area contributed by atoms with Crippen molar-refractivity contribution in [1.82, 2.24) is 24.5 Å². The van der Waals surface area contributed by atoms with Crippen LogP contribution in [0.4, 0.5) is 11.8 Å². The van der Waals surface area contributed by atoms with Gasteiger partial charge in [0.15, 0.2) is 0 Å². The van der Waals surface area contributed by atoms with Crippen LogP contribution in [-0.4, -0.2) is 30.0 Å². The number of nitrogens with one attached hydrogen (secondary N) is 1. The molecule has 10 heteroatoms. The molecule has 9 nitrogen and oxygen atoms in total. The highest BCUT2D eigenvalue weighted by Gasteiger charge is 2.36. The Morgan fingerprint density at radius 1 is 1.14 bits per heavy atom. The quantitative estimate of drug-likeness (QED) is 0.293. The zero-order valence-corrected chi connectivity index (χ0v) is 21.4. The van der Waals surface area contributed by atoms with E-state index in [0.29, 0.717) is 51.1 Å². The van der Waals surface area contributed by atoms with Gasteiger partial charge in [-0.15, -0.1) is 0 Å². The Bertz CT molecular complexity index is 1620. The van der Waals surface area contributed by atoms with Gasteiger partial charge in [-0.2, -0.15) is 4.98 Å². The molecule has 0 saturated heterocycles. The second kappa shape index (κ2) is 9.67. The molecule has 0 aliphatic carbocycles. The summed E-state index contributed by atoms with van der Waals surface area (Å²) in [7, 11) is 0. The van der Waals surface area contributed by atoms with Crippen LogP contribution >= 0.6 is 11.6 Å². The van der Waals surface area contributed by atoms with Crippen LogP contribution in [0.5, 0.6) is 0 Å². The second-order valence-corrected chi connectivity index (χ2v) is 9.43. The number of rotatable bonds is 7. The van der Waals surface area contributed by atoms with E-state index < -0.39 is 5.54 Å². The first-order valence-electron chi connectivity index (χ1n) is 11.9. The molecule has 0 aliphatic rings. The SMILES string of the molecule is CCC(C)(Nc1nc(N)ncc1-c1ncco1)C(C)c1nc2cccc(Cl)c2c(=O)n1-c1ccccc1. The van der Waals surface area contributed by atoms with Crippen molar-refractivity contribution in [2.75, 3.05) is 11.1 Å². The van der Waals surface area contributed by atoms with Gasteiger partial charge in [0.25, 0.3) is 5.56 Å². The van der Waals surface area contributed by atoms with Crippen LogP contribution in [-0.2, 0) is 0 Å². The molecule has 0 radical (unpaired) electrons. The molecule has 0 spiro atoms. The lowest BCUT2D eigenvalue weighted by Crippen LogP contribution is -2.42.